The summed E-state index contributed by atoms with van der Waals surface area (Å²) in [6.45, 7) is 6.19. The molecule has 0 aromatic rings. The van der Waals surface area contributed by atoms with Crippen molar-refractivity contribution in [2.24, 2.45) is 11.8 Å². The fourth-order valence-electron chi connectivity index (χ4n) is 1.14. The highest BCUT2D eigenvalue weighted by molar-refractivity contribution is 5.78. The Morgan fingerprint density at radius 3 is 2.10 bits per heavy atom. The van der Waals surface area contributed by atoms with E-state index in [4.69, 9.17) is 0 Å². The Balaban J connectivity index is 3.93. The van der Waals surface area contributed by atoms with Crippen LogP contribution in [0.15, 0.2) is 0 Å². The van der Waals surface area contributed by atoms with Crippen LogP contribution in [0.3, 0.4) is 0 Å². The summed E-state index contributed by atoms with van der Waals surface area (Å²) in [5.74, 6) is 0.799. The fraction of sp³-hybridized carbons (Fsp3) is 0.875. The van der Waals surface area contributed by atoms with E-state index in [1.165, 1.54) is 0 Å². The zero-order valence-corrected chi connectivity index (χ0v) is 7.27. The third-order valence-electron chi connectivity index (χ3n) is 1.83. The van der Waals surface area contributed by atoms with Crippen molar-refractivity contribution in [3.05, 3.63) is 0 Å². The molecule has 0 fully saturated rings. The summed E-state index contributed by atoms with van der Waals surface area (Å²) < 4.78 is 0. The van der Waals surface area contributed by atoms with Crippen molar-refractivity contribution in [3.8, 4) is 0 Å². The van der Waals surface area contributed by atoms with Crippen molar-refractivity contribution in [1.82, 2.24) is 5.32 Å². The molecule has 0 unspecified atom stereocenters. The van der Waals surface area contributed by atoms with E-state index in [9.17, 15) is 4.79 Å². The van der Waals surface area contributed by atoms with Crippen LogP contribution >= 0.6 is 0 Å². The van der Waals surface area contributed by atoms with Gasteiger partial charge in [0.2, 0.25) is 5.91 Å². The summed E-state index contributed by atoms with van der Waals surface area (Å²) in [5.41, 5.74) is 0. The largest absolute Gasteiger partial charge is 0.359 e. The lowest BCUT2D eigenvalue weighted by Gasteiger charge is -2.16. The molecule has 0 saturated heterocycles. The molecule has 0 aliphatic carbocycles. The first-order valence-corrected chi connectivity index (χ1v) is 3.85. The van der Waals surface area contributed by atoms with Crippen LogP contribution in [-0.2, 0) is 4.79 Å². The van der Waals surface area contributed by atoms with Crippen molar-refractivity contribution >= 4 is 5.91 Å². The lowest BCUT2D eigenvalue weighted by molar-refractivity contribution is -0.125. The van der Waals surface area contributed by atoms with E-state index < -0.39 is 0 Å². The molecule has 1 atom stereocenters. The number of nitrogens with one attached hydrogen (secondary N) is 1. The third kappa shape index (κ3) is 2.38. The van der Waals surface area contributed by atoms with E-state index >= 15 is 0 Å². The zero-order valence-electron chi connectivity index (χ0n) is 7.27. The van der Waals surface area contributed by atoms with Gasteiger partial charge in [0.15, 0.2) is 0 Å². The van der Waals surface area contributed by atoms with Crippen LogP contribution in [0.2, 0.25) is 0 Å². The summed E-state index contributed by atoms with van der Waals surface area (Å²) in [6.07, 6.45) is 0.928. The smallest absolute Gasteiger partial charge is 0.223 e. The van der Waals surface area contributed by atoms with Gasteiger partial charge in [-0.2, -0.15) is 0 Å². The molecular weight excluding hydrogens is 126 g/mol. The Morgan fingerprint density at radius 2 is 2.00 bits per heavy atom. The van der Waals surface area contributed by atoms with E-state index in [2.05, 4.69) is 19.2 Å². The first-order chi connectivity index (χ1) is 4.63. The van der Waals surface area contributed by atoms with Crippen LogP contribution in [0.4, 0.5) is 0 Å². The second-order valence-electron chi connectivity index (χ2n) is 2.87. The van der Waals surface area contributed by atoms with Crippen LogP contribution in [0.1, 0.15) is 27.2 Å². The van der Waals surface area contributed by atoms with Crippen molar-refractivity contribution in [3.63, 3.8) is 0 Å². The number of hydrogen-bond donors (Lipinski definition) is 1. The van der Waals surface area contributed by atoms with Gasteiger partial charge in [-0.3, -0.25) is 4.79 Å². The summed E-state index contributed by atoms with van der Waals surface area (Å²) in [7, 11) is 1.69. The highest BCUT2D eigenvalue weighted by Crippen LogP contribution is 2.13. The Labute approximate surface area is 63.0 Å². The molecule has 0 aliphatic heterocycles. The lowest BCUT2D eigenvalue weighted by atomic mass is 9.93. The summed E-state index contributed by atoms with van der Waals surface area (Å²) >= 11 is 0. The Bertz CT molecular complexity index is 110. The molecule has 60 valence electrons. The molecule has 1 amide bonds. The first-order valence-electron chi connectivity index (χ1n) is 3.85. The Hall–Kier alpha value is -0.530. The fourth-order valence-corrected chi connectivity index (χ4v) is 1.14. The minimum Gasteiger partial charge on any atom is -0.359 e. The minimum absolute atomic E-state index is 0.164. The zero-order chi connectivity index (χ0) is 8.15. The highest BCUT2D eigenvalue weighted by atomic mass is 16.1. The maximum absolute atomic E-state index is 11.1. The van der Waals surface area contributed by atoms with Crippen LogP contribution in [-0.4, -0.2) is 13.0 Å². The first kappa shape index (κ1) is 9.47. The lowest BCUT2D eigenvalue weighted by Crippen LogP contribution is -2.30. The topological polar surface area (TPSA) is 29.1 Å². The standard InChI is InChI=1S/C8H17NO/c1-5-7(6(2)3)8(10)9-4/h6-7H,5H2,1-4H3,(H,9,10)/t7-/m1/s1. The molecule has 10 heavy (non-hydrogen) atoms. The van der Waals surface area contributed by atoms with Crippen LogP contribution in [0.25, 0.3) is 0 Å². The van der Waals surface area contributed by atoms with E-state index in [1.54, 1.807) is 7.05 Å². The monoisotopic (exact) mass is 143 g/mol. The number of hydrogen-bond acceptors (Lipinski definition) is 1. The van der Waals surface area contributed by atoms with Gasteiger partial charge < -0.3 is 5.32 Å². The van der Waals surface area contributed by atoms with Gasteiger partial charge in [0.25, 0.3) is 0 Å². The van der Waals surface area contributed by atoms with Crippen LogP contribution in [0.5, 0.6) is 0 Å². The predicted octanol–water partition coefficient (Wildman–Crippen LogP) is 1.41. The second-order valence-corrected chi connectivity index (χ2v) is 2.87. The average molecular weight is 143 g/mol. The molecule has 1 N–H and O–H groups in total. The van der Waals surface area contributed by atoms with Gasteiger partial charge in [-0.15, -0.1) is 0 Å². The van der Waals surface area contributed by atoms with E-state index in [-0.39, 0.29) is 11.8 Å². The normalized spacial score (nSPS) is 13.3. The SMILES string of the molecule is CC[C@@H](C(=O)NC)C(C)C. The summed E-state index contributed by atoms with van der Waals surface area (Å²) in [6, 6.07) is 0. The number of carbonyl (C=O) groups is 1. The van der Waals surface area contributed by atoms with Gasteiger partial charge in [-0.1, -0.05) is 20.8 Å². The number of carbonyl (C=O) groups excluding carboxylic acids is 1. The quantitative estimate of drug-likeness (QED) is 0.636. The van der Waals surface area contributed by atoms with Crippen LogP contribution in [0, 0.1) is 11.8 Å². The molecule has 0 saturated carbocycles. The van der Waals surface area contributed by atoms with Gasteiger partial charge in [0.1, 0.15) is 0 Å². The van der Waals surface area contributed by atoms with Gasteiger partial charge in [-0.25, -0.2) is 0 Å². The predicted molar refractivity (Wildman–Crippen MR) is 42.7 cm³/mol. The van der Waals surface area contributed by atoms with Crippen molar-refractivity contribution in [1.29, 1.82) is 0 Å². The minimum atomic E-state index is 0.164. The molecule has 2 nitrogen and oxygen atoms in total. The van der Waals surface area contributed by atoms with Crippen LogP contribution < -0.4 is 5.32 Å². The molecule has 0 heterocycles. The molecule has 0 aromatic heterocycles. The Kier molecular flexibility index (Phi) is 4.08. The molecule has 0 rings (SSSR count). The molecular formula is C8H17NO. The summed E-state index contributed by atoms with van der Waals surface area (Å²) in [4.78, 5) is 11.1. The molecule has 0 aliphatic rings. The third-order valence-corrected chi connectivity index (χ3v) is 1.83. The molecule has 2 heteroatoms. The maximum atomic E-state index is 11.1. The molecule has 0 radical (unpaired) electrons. The molecule has 0 bridgehead atoms. The van der Waals surface area contributed by atoms with Crippen molar-refractivity contribution < 1.29 is 4.79 Å². The van der Waals surface area contributed by atoms with Gasteiger partial charge >= 0.3 is 0 Å². The van der Waals surface area contributed by atoms with Gasteiger partial charge in [0, 0.05) is 13.0 Å². The maximum Gasteiger partial charge on any atom is 0.223 e. The van der Waals surface area contributed by atoms with Gasteiger partial charge in [-0.05, 0) is 12.3 Å². The Morgan fingerprint density at radius 1 is 1.50 bits per heavy atom. The van der Waals surface area contributed by atoms with E-state index in [0.29, 0.717) is 5.92 Å². The molecule has 0 spiro atoms. The summed E-state index contributed by atoms with van der Waals surface area (Å²) in [5, 5.41) is 2.66. The van der Waals surface area contributed by atoms with E-state index in [0.717, 1.165) is 6.42 Å². The highest BCUT2D eigenvalue weighted by Gasteiger charge is 2.17. The number of amides is 1. The number of rotatable bonds is 3. The van der Waals surface area contributed by atoms with Gasteiger partial charge in [0.05, 0.1) is 0 Å². The second kappa shape index (κ2) is 4.31. The molecule has 0 aromatic carbocycles. The average Bonchev–Trinajstić information content (AvgIpc) is 1.88. The van der Waals surface area contributed by atoms with E-state index in [1.807, 2.05) is 6.92 Å². The van der Waals surface area contributed by atoms with Crippen molar-refractivity contribution in [2.45, 2.75) is 27.2 Å². The van der Waals surface area contributed by atoms with Crippen molar-refractivity contribution in [2.75, 3.05) is 7.05 Å².